The molecule has 0 saturated heterocycles. The fourth-order valence-corrected chi connectivity index (χ4v) is 2.15. The Balaban J connectivity index is 7.15. The maximum atomic E-state index is 13.3. The van der Waals surface area contributed by atoms with E-state index >= 15 is 0 Å². The van der Waals surface area contributed by atoms with Crippen molar-refractivity contribution in [1.29, 1.82) is 0 Å². The van der Waals surface area contributed by atoms with E-state index in [1.807, 2.05) is 0 Å². The van der Waals surface area contributed by atoms with Crippen LogP contribution in [0, 0.1) is 0 Å². The molecular weight excluding hydrogens is 691 g/mol. The Bertz CT molecular complexity index is 716. The zero-order chi connectivity index (χ0) is 29.5. The summed E-state index contributed by atoms with van der Waals surface area (Å²) in [5.74, 6) is -80.1. The van der Waals surface area contributed by atoms with Crippen LogP contribution in [0.4, 0.5) is 101 Å². The Morgan fingerprint density at radius 3 is 0.514 bits per heavy atom. The third-order valence-electron chi connectivity index (χ3n) is 3.89. The van der Waals surface area contributed by atoms with Crippen LogP contribution in [0.25, 0.3) is 0 Å². The second kappa shape index (κ2) is 8.10. The van der Waals surface area contributed by atoms with E-state index in [0.29, 0.717) is 0 Å². The van der Waals surface area contributed by atoms with Gasteiger partial charge in [0.2, 0.25) is 0 Å². The average molecular weight is 691 g/mol. The van der Waals surface area contributed by atoms with Gasteiger partial charge < -0.3 is 0 Å². The van der Waals surface area contributed by atoms with Crippen LogP contribution in [0.2, 0.25) is 0 Å². The standard InChI is InChI=1S/C11F23.Sb/c12-1(13)2(14,15)3(16,17)4(18,19)5(20,21)6(22,23)7(24,25)8(26,27)9(28,29)10(30,31)11(32,33)34;. The summed E-state index contributed by atoms with van der Waals surface area (Å²) < 4.78 is 290. The fourth-order valence-electron chi connectivity index (χ4n) is 1.75. The molecule has 0 aromatic rings. The number of hydrogen-bond acceptors (Lipinski definition) is 0. The Morgan fingerprint density at radius 2 is 0.371 bits per heavy atom. The predicted molar refractivity (Wildman–Crippen MR) is 61.3 cm³/mol. The summed E-state index contributed by atoms with van der Waals surface area (Å²) >= 11 is -1.91. The molecule has 0 aliphatic rings. The van der Waals surface area contributed by atoms with Crippen molar-refractivity contribution in [3.05, 3.63) is 0 Å². The van der Waals surface area contributed by atoms with E-state index in [1.165, 1.54) is 0 Å². The minimum atomic E-state index is -9.34. The number of hydrogen-bond donors (Lipinski definition) is 0. The first-order valence-corrected chi connectivity index (χ1v) is 8.35. The molecule has 0 atom stereocenters. The minimum absolute atomic E-state index is 1.91. The summed E-state index contributed by atoms with van der Waals surface area (Å²) in [6.45, 7) is 0. The molecule has 0 N–H and O–H groups in total. The van der Waals surface area contributed by atoms with Crippen molar-refractivity contribution in [2.24, 2.45) is 0 Å². The van der Waals surface area contributed by atoms with Gasteiger partial charge in [0.1, 0.15) is 0 Å². The van der Waals surface area contributed by atoms with E-state index in [9.17, 15) is 101 Å². The summed E-state index contributed by atoms with van der Waals surface area (Å²) in [6, 6.07) is 0. The summed E-state index contributed by atoms with van der Waals surface area (Å²) in [7, 11) is 0. The molecule has 24 heteroatoms. The van der Waals surface area contributed by atoms with Gasteiger partial charge in [-0.15, -0.1) is 0 Å². The van der Waals surface area contributed by atoms with E-state index in [0.717, 1.165) is 0 Å². The SMILES string of the molecule is FC(F)(F)C(F)(F)C(F)(F)C(F)(F)C(F)(F)C(F)(F)C(F)(F)C(F)(F)C(F)(F)C(F)(F)[C](F)(F)[Sb]. The van der Waals surface area contributed by atoms with E-state index in [4.69, 9.17) is 0 Å². The van der Waals surface area contributed by atoms with Gasteiger partial charge in [-0.2, -0.15) is 0 Å². The van der Waals surface area contributed by atoms with Gasteiger partial charge in [-0.05, 0) is 0 Å². The first-order chi connectivity index (χ1) is 14.5. The van der Waals surface area contributed by atoms with Crippen molar-refractivity contribution < 1.29 is 101 Å². The van der Waals surface area contributed by atoms with Crippen molar-refractivity contribution in [1.82, 2.24) is 0 Å². The molecule has 0 aliphatic heterocycles. The monoisotopic (exact) mass is 690 g/mol. The Hall–Kier alpha value is -0.792. The van der Waals surface area contributed by atoms with Crippen molar-refractivity contribution in [2.75, 3.05) is 0 Å². The maximum absolute atomic E-state index is 13.3. The van der Waals surface area contributed by atoms with Crippen LogP contribution in [0.15, 0.2) is 0 Å². The van der Waals surface area contributed by atoms with Gasteiger partial charge >= 0.3 is 187 Å². The summed E-state index contributed by atoms with van der Waals surface area (Å²) in [4.78, 5) is 0. The fraction of sp³-hybridized carbons (Fsp3) is 1.00. The van der Waals surface area contributed by atoms with Crippen LogP contribution in [0.5, 0.6) is 0 Å². The molecule has 0 fully saturated rings. The molecular formula is C11F23Sb. The van der Waals surface area contributed by atoms with Crippen LogP contribution in [0.1, 0.15) is 0 Å². The van der Waals surface area contributed by atoms with Gasteiger partial charge in [0.15, 0.2) is 0 Å². The molecule has 0 heterocycles. The van der Waals surface area contributed by atoms with Gasteiger partial charge in [-0.3, -0.25) is 0 Å². The third kappa shape index (κ3) is 4.06. The molecule has 35 heavy (non-hydrogen) atoms. The van der Waals surface area contributed by atoms with Crippen LogP contribution in [-0.4, -0.2) is 86.4 Å². The normalized spacial score (nSPS) is 17.1. The zero-order valence-electron chi connectivity index (χ0n) is 14.6. The second-order valence-electron chi connectivity index (χ2n) is 6.21. The van der Waals surface area contributed by atoms with Gasteiger partial charge in [-0.25, -0.2) is 0 Å². The van der Waals surface area contributed by atoms with Gasteiger partial charge in [-0.1, -0.05) is 0 Å². The van der Waals surface area contributed by atoms with Crippen LogP contribution in [0.3, 0.4) is 0 Å². The molecule has 0 aromatic carbocycles. The topological polar surface area (TPSA) is 0 Å². The predicted octanol–water partition coefficient (Wildman–Crippen LogP) is 7.03. The second-order valence-corrected chi connectivity index (χ2v) is 7.81. The number of rotatable bonds is 9. The first kappa shape index (κ1) is 34.2. The van der Waals surface area contributed by atoms with Crippen LogP contribution >= 0.6 is 0 Å². The molecule has 0 aliphatic carbocycles. The molecule has 0 saturated carbocycles. The number of halogens is 23. The van der Waals surface area contributed by atoms with E-state index in [2.05, 4.69) is 0 Å². The van der Waals surface area contributed by atoms with Crippen molar-refractivity contribution in [3.63, 3.8) is 0 Å². The Morgan fingerprint density at radius 1 is 0.229 bits per heavy atom. The zero-order valence-corrected chi connectivity index (χ0v) is 17.2. The van der Waals surface area contributed by atoms with E-state index in [-0.39, 0.29) is 0 Å². The number of alkyl halides is 23. The van der Waals surface area contributed by atoms with Crippen molar-refractivity contribution >= 4 is 23.0 Å². The van der Waals surface area contributed by atoms with Gasteiger partial charge in [0.25, 0.3) is 0 Å². The molecule has 0 spiro atoms. The van der Waals surface area contributed by atoms with Gasteiger partial charge in [0.05, 0.1) is 0 Å². The van der Waals surface area contributed by atoms with Gasteiger partial charge in [0, 0.05) is 0 Å². The van der Waals surface area contributed by atoms with E-state index in [1.54, 1.807) is 0 Å². The average Bonchev–Trinajstić information content (AvgIpc) is 2.58. The van der Waals surface area contributed by atoms with E-state index < -0.39 is 86.4 Å². The Kier molecular flexibility index (Phi) is 7.92. The Labute approximate surface area is 188 Å². The van der Waals surface area contributed by atoms with Crippen LogP contribution in [-0.2, 0) is 0 Å². The molecule has 0 aromatic heterocycles. The third-order valence-corrected chi connectivity index (χ3v) is 4.69. The molecule has 2 radical (unpaired) electrons. The molecule has 0 nitrogen and oxygen atoms in total. The summed E-state index contributed by atoms with van der Waals surface area (Å²) in [5.41, 5.74) is 0. The van der Waals surface area contributed by atoms with Crippen molar-refractivity contribution in [2.45, 2.75) is 63.3 Å². The first-order valence-electron chi connectivity index (χ1n) is 7.07. The summed E-state index contributed by atoms with van der Waals surface area (Å²) in [5, 5.41) is 0. The van der Waals surface area contributed by atoms with Crippen LogP contribution < -0.4 is 0 Å². The van der Waals surface area contributed by atoms with Crippen molar-refractivity contribution in [3.8, 4) is 0 Å². The molecule has 0 rings (SSSR count). The quantitative estimate of drug-likeness (QED) is 0.180. The molecule has 0 unspecified atom stereocenters. The summed E-state index contributed by atoms with van der Waals surface area (Å²) in [6.07, 6.45) is -8.07. The molecule has 0 amide bonds. The molecule has 210 valence electrons. The molecule has 0 bridgehead atoms.